The molecule has 0 spiro atoms. The highest BCUT2D eigenvalue weighted by molar-refractivity contribution is 7.07. The molecule has 5 aromatic rings. The van der Waals surface area contributed by atoms with E-state index in [0.717, 1.165) is 27.5 Å². The number of allylic oxidation sites excluding steroid dienone is 1. The van der Waals surface area contributed by atoms with Gasteiger partial charge in [0.1, 0.15) is 12.4 Å². The minimum atomic E-state index is -0.701. The molecule has 0 radical (unpaired) electrons. The van der Waals surface area contributed by atoms with E-state index in [0.29, 0.717) is 44.5 Å². The topological polar surface area (TPSA) is 88.4 Å². The fourth-order valence-corrected chi connectivity index (χ4v) is 6.56. The van der Waals surface area contributed by atoms with Crippen LogP contribution >= 0.6 is 11.3 Å². The summed E-state index contributed by atoms with van der Waals surface area (Å²) in [5, 5.41) is 2.29. The number of nitrogens with zero attached hydrogens (tertiary/aromatic N) is 2. The normalized spacial score (nSPS) is 14.6. The fourth-order valence-electron chi connectivity index (χ4n) is 5.51. The molecule has 6 rings (SSSR count). The van der Waals surface area contributed by atoms with E-state index in [9.17, 15) is 9.59 Å². The second kappa shape index (κ2) is 12.8. The van der Waals surface area contributed by atoms with Gasteiger partial charge in [-0.05, 0) is 71.7 Å². The summed E-state index contributed by atoms with van der Waals surface area (Å²) in [6.07, 6.45) is 1.80. The lowest BCUT2D eigenvalue weighted by Crippen LogP contribution is -2.39. The third-order valence-electron chi connectivity index (χ3n) is 7.70. The number of rotatable bonds is 9. The SMILES string of the molecule is CCOC(=O)C1=C(C)N=c2sc(=Cc3ccc(OCc4cccc5ccccc45)c(OC)c3)c(=O)n2C1c1ccc(OC)cc1. The zero-order valence-corrected chi connectivity index (χ0v) is 26.2. The molecule has 1 unspecified atom stereocenters. The van der Waals surface area contributed by atoms with Crippen LogP contribution in [-0.2, 0) is 16.1 Å². The summed E-state index contributed by atoms with van der Waals surface area (Å²) < 4.78 is 24.6. The summed E-state index contributed by atoms with van der Waals surface area (Å²) in [7, 11) is 3.18. The van der Waals surface area contributed by atoms with Crippen LogP contribution in [-0.4, -0.2) is 31.4 Å². The van der Waals surface area contributed by atoms with Crippen molar-refractivity contribution in [3.8, 4) is 17.2 Å². The summed E-state index contributed by atoms with van der Waals surface area (Å²) in [6, 6.07) is 26.5. The van der Waals surface area contributed by atoms with E-state index in [1.165, 1.54) is 11.3 Å². The molecule has 0 aliphatic carbocycles. The Kier molecular flexibility index (Phi) is 8.53. The summed E-state index contributed by atoms with van der Waals surface area (Å²) in [4.78, 5) is 32.3. The monoisotopic (exact) mass is 620 g/mol. The highest BCUT2D eigenvalue weighted by atomic mass is 32.1. The van der Waals surface area contributed by atoms with Crippen LogP contribution < -0.4 is 29.1 Å². The zero-order valence-electron chi connectivity index (χ0n) is 25.4. The molecule has 9 heteroatoms. The van der Waals surface area contributed by atoms with E-state index in [-0.39, 0.29) is 12.2 Å². The predicted molar refractivity (Wildman–Crippen MR) is 175 cm³/mol. The average molecular weight is 621 g/mol. The summed E-state index contributed by atoms with van der Waals surface area (Å²) in [6.45, 7) is 4.10. The molecule has 1 aliphatic rings. The van der Waals surface area contributed by atoms with Gasteiger partial charge < -0.3 is 18.9 Å². The number of benzene rings is 4. The van der Waals surface area contributed by atoms with E-state index in [4.69, 9.17) is 18.9 Å². The van der Waals surface area contributed by atoms with Crippen LogP contribution in [0.1, 0.15) is 36.6 Å². The Morgan fingerprint density at radius 3 is 2.49 bits per heavy atom. The maximum Gasteiger partial charge on any atom is 0.338 e. The number of thiazole rings is 1. The van der Waals surface area contributed by atoms with Crippen LogP contribution in [0.15, 0.2) is 106 Å². The number of ether oxygens (including phenoxy) is 4. The molecule has 0 amide bonds. The fraction of sp³-hybridized carbons (Fsp3) is 0.194. The molecule has 1 aliphatic heterocycles. The van der Waals surface area contributed by atoms with E-state index in [1.54, 1.807) is 50.8 Å². The molecular formula is C36H32N2O6S. The number of carbonyl (C=O) groups excluding carboxylic acids is 1. The lowest BCUT2D eigenvalue weighted by molar-refractivity contribution is -0.139. The Morgan fingerprint density at radius 2 is 1.73 bits per heavy atom. The summed E-state index contributed by atoms with van der Waals surface area (Å²) in [5.74, 6) is 1.31. The van der Waals surface area contributed by atoms with Crippen molar-refractivity contribution in [3.63, 3.8) is 0 Å². The van der Waals surface area contributed by atoms with Crippen LogP contribution in [0.4, 0.5) is 0 Å². The van der Waals surface area contributed by atoms with Crippen molar-refractivity contribution in [1.29, 1.82) is 0 Å². The van der Waals surface area contributed by atoms with Crippen molar-refractivity contribution >= 4 is 34.2 Å². The Hall–Kier alpha value is -5.15. The van der Waals surface area contributed by atoms with E-state index < -0.39 is 12.0 Å². The van der Waals surface area contributed by atoms with Crippen LogP contribution in [0.3, 0.4) is 0 Å². The van der Waals surface area contributed by atoms with Crippen molar-refractivity contribution in [1.82, 2.24) is 4.57 Å². The molecule has 0 saturated carbocycles. The molecule has 0 bridgehead atoms. The van der Waals surface area contributed by atoms with Crippen molar-refractivity contribution in [2.24, 2.45) is 4.99 Å². The standard InChI is InChI=1S/C36H32N2O6S/c1-5-43-35(40)32-22(2)37-36-38(33(32)25-14-16-27(41-3)17-15-25)34(39)31(45-36)20-23-13-18-29(30(19-23)42-4)44-21-26-11-8-10-24-9-6-7-12-28(24)26/h6-20,33H,5,21H2,1-4H3. The molecule has 1 atom stereocenters. The number of methoxy groups -OCH3 is 2. The number of esters is 1. The highest BCUT2D eigenvalue weighted by Crippen LogP contribution is 2.32. The number of hydrogen-bond donors (Lipinski definition) is 0. The maximum absolute atomic E-state index is 14.0. The Balaban J connectivity index is 1.36. The van der Waals surface area contributed by atoms with E-state index in [2.05, 4.69) is 29.3 Å². The lowest BCUT2D eigenvalue weighted by Gasteiger charge is -2.24. The number of aromatic nitrogens is 1. The van der Waals surface area contributed by atoms with Crippen molar-refractivity contribution in [2.75, 3.05) is 20.8 Å². The second-order valence-electron chi connectivity index (χ2n) is 10.4. The van der Waals surface area contributed by atoms with Gasteiger partial charge in [-0.15, -0.1) is 0 Å². The van der Waals surface area contributed by atoms with Gasteiger partial charge in [-0.1, -0.05) is 72.0 Å². The molecule has 0 N–H and O–H groups in total. The minimum Gasteiger partial charge on any atom is -0.497 e. The first kappa shape index (κ1) is 29.9. The number of carbonyl (C=O) groups is 1. The molecule has 0 saturated heterocycles. The van der Waals surface area contributed by atoms with Crippen LogP contribution in [0.2, 0.25) is 0 Å². The lowest BCUT2D eigenvalue weighted by atomic mass is 9.96. The number of hydrogen-bond acceptors (Lipinski definition) is 8. The predicted octanol–water partition coefficient (Wildman–Crippen LogP) is 5.55. The first-order valence-corrected chi connectivity index (χ1v) is 15.3. The van der Waals surface area contributed by atoms with Gasteiger partial charge in [0.2, 0.25) is 0 Å². The molecule has 8 nitrogen and oxygen atoms in total. The summed E-state index contributed by atoms with van der Waals surface area (Å²) >= 11 is 1.27. The number of fused-ring (bicyclic) bond motifs is 2. The van der Waals surface area contributed by atoms with Gasteiger partial charge in [0.15, 0.2) is 16.3 Å². The molecule has 228 valence electrons. The van der Waals surface area contributed by atoms with Gasteiger partial charge in [-0.2, -0.15) is 0 Å². The third-order valence-corrected chi connectivity index (χ3v) is 8.68. The van der Waals surface area contributed by atoms with Gasteiger partial charge in [0.25, 0.3) is 5.56 Å². The largest absolute Gasteiger partial charge is 0.497 e. The smallest absolute Gasteiger partial charge is 0.338 e. The van der Waals surface area contributed by atoms with Crippen molar-refractivity contribution in [3.05, 3.63) is 133 Å². The third kappa shape index (κ3) is 5.86. The molecule has 0 fully saturated rings. The van der Waals surface area contributed by atoms with E-state index in [1.807, 2.05) is 48.5 Å². The Labute approximate surface area is 264 Å². The first-order valence-electron chi connectivity index (χ1n) is 14.5. The van der Waals surface area contributed by atoms with Crippen molar-refractivity contribution < 1.29 is 23.7 Å². The molecule has 2 heterocycles. The Morgan fingerprint density at radius 1 is 0.956 bits per heavy atom. The average Bonchev–Trinajstić information content (AvgIpc) is 3.36. The Bertz CT molecular complexity index is 2110. The van der Waals surface area contributed by atoms with E-state index >= 15 is 0 Å². The van der Waals surface area contributed by atoms with Gasteiger partial charge in [0.05, 0.1) is 42.7 Å². The van der Waals surface area contributed by atoms with Gasteiger partial charge in [-0.25, -0.2) is 9.79 Å². The van der Waals surface area contributed by atoms with Gasteiger partial charge >= 0.3 is 5.97 Å². The molecule has 45 heavy (non-hydrogen) atoms. The molecular weight excluding hydrogens is 588 g/mol. The summed E-state index contributed by atoms with van der Waals surface area (Å²) in [5.41, 5.74) is 3.16. The highest BCUT2D eigenvalue weighted by Gasteiger charge is 2.33. The zero-order chi connectivity index (χ0) is 31.5. The van der Waals surface area contributed by atoms with Gasteiger partial charge in [-0.3, -0.25) is 9.36 Å². The van der Waals surface area contributed by atoms with Crippen LogP contribution in [0.25, 0.3) is 16.8 Å². The van der Waals surface area contributed by atoms with Crippen molar-refractivity contribution in [2.45, 2.75) is 26.5 Å². The maximum atomic E-state index is 14.0. The molecule has 4 aromatic carbocycles. The van der Waals surface area contributed by atoms with Crippen LogP contribution in [0, 0.1) is 0 Å². The van der Waals surface area contributed by atoms with Gasteiger partial charge in [0, 0.05) is 0 Å². The van der Waals surface area contributed by atoms with Crippen LogP contribution in [0.5, 0.6) is 17.2 Å². The first-order chi connectivity index (χ1) is 21.9. The minimum absolute atomic E-state index is 0.207. The molecule has 1 aromatic heterocycles. The quantitative estimate of drug-likeness (QED) is 0.201. The second-order valence-corrected chi connectivity index (χ2v) is 11.4.